The molecule has 0 spiro atoms. The third-order valence-corrected chi connectivity index (χ3v) is 2.19. The molecule has 0 aliphatic heterocycles. The number of pyridine rings is 1. The van der Waals surface area contributed by atoms with Crippen molar-refractivity contribution in [2.24, 2.45) is 0 Å². The molecule has 0 unspecified atom stereocenters. The first-order valence-corrected chi connectivity index (χ1v) is 4.92. The van der Waals surface area contributed by atoms with Crippen LogP contribution in [-0.4, -0.2) is 20.8 Å². The summed E-state index contributed by atoms with van der Waals surface area (Å²) in [4.78, 5) is 26.5. The number of carbonyl (C=O) groups is 1. The molecular weight excluding hydrogens is 252 g/mol. The molecule has 0 bridgehead atoms. The fraction of sp³-hybridized carbons (Fsp3) is 0.125. The van der Waals surface area contributed by atoms with Gasteiger partial charge in [0.1, 0.15) is 0 Å². The molecule has 0 aliphatic carbocycles. The number of rotatable bonds is 1. The van der Waals surface area contributed by atoms with Crippen molar-refractivity contribution in [3.63, 3.8) is 0 Å². The van der Waals surface area contributed by atoms with Crippen LogP contribution in [0.5, 0.6) is 0 Å². The molecule has 0 N–H and O–H groups in total. The molecule has 0 saturated heterocycles. The van der Waals surface area contributed by atoms with Gasteiger partial charge in [0.05, 0.1) is 5.33 Å². The lowest BCUT2D eigenvalue weighted by molar-refractivity contribution is 0.0939. The molecule has 14 heavy (non-hydrogen) atoms. The van der Waals surface area contributed by atoms with Gasteiger partial charge in [-0.1, -0.05) is 15.9 Å². The van der Waals surface area contributed by atoms with Gasteiger partial charge in [-0.05, 0) is 12.1 Å². The van der Waals surface area contributed by atoms with Gasteiger partial charge >= 0.3 is 5.76 Å². The van der Waals surface area contributed by atoms with Crippen LogP contribution in [0.1, 0.15) is 4.79 Å². The molecule has 2 rings (SSSR count). The topological polar surface area (TPSA) is 65.1 Å². The minimum atomic E-state index is -0.705. The molecule has 72 valence electrons. The molecule has 2 heterocycles. The van der Waals surface area contributed by atoms with E-state index in [-0.39, 0.29) is 11.0 Å². The van der Waals surface area contributed by atoms with Crippen LogP contribution in [0.15, 0.2) is 27.5 Å². The summed E-state index contributed by atoms with van der Waals surface area (Å²) in [6.07, 6.45) is 1.50. The summed E-state index contributed by atoms with van der Waals surface area (Å²) in [6, 6.07) is 3.22. The van der Waals surface area contributed by atoms with E-state index in [1.807, 2.05) is 0 Å². The first-order chi connectivity index (χ1) is 6.74. The lowest BCUT2D eigenvalue weighted by atomic mass is 10.4. The number of alkyl halides is 1. The van der Waals surface area contributed by atoms with Crippen LogP contribution in [0.25, 0.3) is 11.2 Å². The van der Waals surface area contributed by atoms with Crippen LogP contribution in [0, 0.1) is 0 Å². The van der Waals surface area contributed by atoms with Crippen molar-refractivity contribution in [1.29, 1.82) is 0 Å². The first-order valence-electron chi connectivity index (χ1n) is 3.80. The largest absolute Gasteiger partial charge is 0.428 e. The first kappa shape index (κ1) is 9.14. The predicted octanol–water partition coefficient (Wildman–Crippen LogP) is 1.02. The van der Waals surface area contributed by atoms with Crippen LogP contribution in [0.4, 0.5) is 0 Å². The molecule has 0 aromatic carbocycles. The molecule has 2 aromatic rings. The van der Waals surface area contributed by atoms with E-state index >= 15 is 0 Å². The number of hydrogen-bond donors (Lipinski definition) is 0. The maximum absolute atomic E-state index is 11.3. The summed E-state index contributed by atoms with van der Waals surface area (Å²) >= 11 is 2.98. The van der Waals surface area contributed by atoms with Crippen LogP contribution >= 0.6 is 15.9 Å². The van der Waals surface area contributed by atoms with E-state index in [1.165, 1.54) is 6.20 Å². The Balaban J connectivity index is 2.81. The maximum Gasteiger partial charge on any atom is 0.428 e. The molecule has 5 nitrogen and oxygen atoms in total. The molecule has 0 saturated carbocycles. The average molecular weight is 257 g/mol. The number of aromatic nitrogens is 2. The van der Waals surface area contributed by atoms with Crippen molar-refractivity contribution in [2.45, 2.75) is 0 Å². The SMILES string of the molecule is O=C(CBr)n1c(=O)oc2cccnc21. The Labute approximate surface area is 86.5 Å². The van der Waals surface area contributed by atoms with Crippen molar-refractivity contribution < 1.29 is 9.21 Å². The monoisotopic (exact) mass is 256 g/mol. The van der Waals surface area contributed by atoms with Crippen LogP contribution in [0.2, 0.25) is 0 Å². The van der Waals surface area contributed by atoms with Crippen LogP contribution in [-0.2, 0) is 0 Å². The minimum Gasteiger partial charge on any atom is -0.406 e. The number of fused-ring (bicyclic) bond motifs is 1. The number of nitrogens with zero attached hydrogens (tertiary/aromatic N) is 2. The minimum absolute atomic E-state index is 0.0537. The third kappa shape index (κ3) is 1.27. The second kappa shape index (κ2) is 3.38. The number of halogens is 1. The summed E-state index contributed by atoms with van der Waals surface area (Å²) in [5, 5.41) is 0.0537. The Morgan fingerprint density at radius 2 is 2.43 bits per heavy atom. The standard InChI is InChI=1S/C8H5BrN2O3/c9-4-6(12)11-7-5(14-8(11)13)2-1-3-10-7/h1-3H,4H2. The van der Waals surface area contributed by atoms with Crippen molar-refractivity contribution in [3.05, 3.63) is 28.9 Å². The summed E-state index contributed by atoms with van der Waals surface area (Å²) in [6.45, 7) is 0. The molecule has 0 amide bonds. The molecule has 6 heteroatoms. The third-order valence-electron chi connectivity index (χ3n) is 1.71. The van der Waals surface area contributed by atoms with E-state index in [1.54, 1.807) is 12.1 Å². The lowest BCUT2D eigenvalue weighted by Crippen LogP contribution is -2.23. The van der Waals surface area contributed by atoms with Gasteiger partial charge in [0.15, 0.2) is 11.2 Å². The zero-order valence-electron chi connectivity index (χ0n) is 6.94. The lowest BCUT2D eigenvalue weighted by Gasteiger charge is -1.93. The Hall–Kier alpha value is -1.43. The van der Waals surface area contributed by atoms with E-state index in [4.69, 9.17) is 4.42 Å². The van der Waals surface area contributed by atoms with Crippen LogP contribution in [0.3, 0.4) is 0 Å². The Bertz CT molecular complexity index is 543. The van der Waals surface area contributed by atoms with E-state index in [0.717, 1.165) is 4.57 Å². The molecule has 0 radical (unpaired) electrons. The fourth-order valence-electron chi connectivity index (χ4n) is 1.14. The van der Waals surface area contributed by atoms with Gasteiger partial charge in [-0.25, -0.2) is 9.78 Å². The molecular formula is C8H5BrN2O3. The number of oxazole rings is 1. The Kier molecular flexibility index (Phi) is 2.20. The van der Waals surface area contributed by atoms with Crippen molar-refractivity contribution in [3.8, 4) is 0 Å². The van der Waals surface area contributed by atoms with Crippen LogP contribution < -0.4 is 5.76 Å². The number of hydrogen-bond acceptors (Lipinski definition) is 4. The summed E-state index contributed by atoms with van der Waals surface area (Å²) in [5.74, 6) is -1.10. The van der Waals surface area contributed by atoms with E-state index < -0.39 is 11.7 Å². The van der Waals surface area contributed by atoms with E-state index in [2.05, 4.69) is 20.9 Å². The summed E-state index contributed by atoms with van der Waals surface area (Å²) in [5.41, 5.74) is 0.564. The van der Waals surface area contributed by atoms with Gasteiger partial charge in [-0.15, -0.1) is 0 Å². The normalized spacial score (nSPS) is 10.6. The fourth-order valence-corrected chi connectivity index (χ4v) is 1.39. The highest BCUT2D eigenvalue weighted by atomic mass is 79.9. The molecule has 0 aliphatic rings. The van der Waals surface area contributed by atoms with Gasteiger partial charge in [0.25, 0.3) is 0 Å². The smallest absolute Gasteiger partial charge is 0.406 e. The Morgan fingerprint density at radius 1 is 1.64 bits per heavy atom. The Morgan fingerprint density at radius 3 is 3.14 bits per heavy atom. The predicted molar refractivity (Wildman–Crippen MR) is 52.7 cm³/mol. The zero-order valence-corrected chi connectivity index (χ0v) is 8.52. The van der Waals surface area contributed by atoms with E-state index in [9.17, 15) is 9.59 Å². The molecule has 2 aromatic heterocycles. The average Bonchev–Trinajstić information content (AvgIpc) is 2.53. The van der Waals surface area contributed by atoms with Gasteiger partial charge in [0.2, 0.25) is 5.91 Å². The zero-order chi connectivity index (χ0) is 10.1. The second-order valence-electron chi connectivity index (χ2n) is 2.56. The maximum atomic E-state index is 11.3. The van der Waals surface area contributed by atoms with Gasteiger partial charge < -0.3 is 4.42 Å². The highest BCUT2D eigenvalue weighted by molar-refractivity contribution is 9.09. The van der Waals surface area contributed by atoms with Crippen molar-refractivity contribution in [1.82, 2.24) is 9.55 Å². The van der Waals surface area contributed by atoms with E-state index in [0.29, 0.717) is 5.58 Å². The van der Waals surface area contributed by atoms with Crippen molar-refractivity contribution >= 4 is 33.1 Å². The molecule has 0 fully saturated rings. The van der Waals surface area contributed by atoms with Gasteiger partial charge in [0, 0.05) is 6.20 Å². The quantitative estimate of drug-likeness (QED) is 0.715. The van der Waals surface area contributed by atoms with Crippen molar-refractivity contribution in [2.75, 3.05) is 5.33 Å². The highest BCUT2D eigenvalue weighted by Crippen LogP contribution is 2.08. The van der Waals surface area contributed by atoms with Gasteiger partial charge in [-0.2, -0.15) is 4.57 Å². The molecule has 0 atom stereocenters. The highest BCUT2D eigenvalue weighted by Gasteiger charge is 2.14. The van der Waals surface area contributed by atoms with Gasteiger partial charge in [-0.3, -0.25) is 4.79 Å². The number of carbonyl (C=O) groups excluding carboxylic acids is 1. The summed E-state index contributed by atoms with van der Waals surface area (Å²) < 4.78 is 5.73. The second-order valence-corrected chi connectivity index (χ2v) is 3.12. The summed E-state index contributed by atoms with van der Waals surface area (Å²) in [7, 11) is 0.